The van der Waals surface area contributed by atoms with Gasteiger partial charge in [-0.25, -0.2) is 18.9 Å². The summed E-state index contributed by atoms with van der Waals surface area (Å²) in [5.74, 6) is 1.39. The number of halogens is 1. The molecule has 1 aromatic carbocycles. The number of nitrogens with zero attached hydrogens (tertiary/aromatic N) is 4. The third-order valence-electron chi connectivity index (χ3n) is 3.54. The van der Waals surface area contributed by atoms with Crippen LogP contribution in [-0.2, 0) is 13.0 Å². The molecule has 0 radical (unpaired) electrons. The van der Waals surface area contributed by atoms with E-state index in [0.29, 0.717) is 18.1 Å². The Hall–Kier alpha value is -2.68. The molecule has 0 aliphatic carbocycles. The van der Waals surface area contributed by atoms with Crippen molar-refractivity contribution >= 4 is 11.8 Å². The number of thioether (sulfide) groups is 1. The van der Waals surface area contributed by atoms with E-state index in [2.05, 4.69) is 15.1 Å². The highest BCUT2D eigenvalue weighted by molar-refractivity contribution is 7.98. The molecule has 130 valence electrons. The average molecular weight is 361 g/mol. The lowest BCUT2D eigenvalue weighted by atomic mass is 10.3. The highest BCUT2D eigenvalue weighted by atomic mass is 32.2. The summed E-state index contributed by atoms with van der Waals surface area (Å²) in [5.41, 5.74) is -0.767. The largest absolute Gasteiger partial charge is 0.328 e. The molecule has 0 unspecified atom stereocenters. The fourth-order valence-corrected chi connectivity index (χ4v) is 2.72. The van der Waals surface area contributed by atoms with Crippen LogP contribution in [-0.4, -0.2) is 36.3 Å². The van der Waals surface area contributed by atoms with Gasteiger partial charge in [0.15, 0.2) is 11.6 Å². The molecule has 0 saturated carbocycles. The molecule has 0 atom stereocenters. The molecule has 0 saturated heterocycles. The number of aromatic amines is 1. The molecule has 2 aromatic heterocycles. The Balaban J connectivity index is 2.04. The molecule has 0 aliphatic heterocycles. The summed E-state index contributed by atoms with van der Waals surface area (Å²) in [7, 11) is 0. The Bertz CT molecular complexity index is 994. The van der Waals surface area contributed by atoms with Crippen LogP contribution in [0.5, 0.6) is 0 Å². The Morgan fingerprint density at radius 3 is 2.76 bits per heavy atom. The average Bonchev–Trinajstić information content (AvgIpc) is 2.98. The minimum Gasteiger partial charge on any atom is -0.293 e. The molecule has 25 heavy (non-hydrogen) atoms. The Morgan fingerprint density at radius 2 is 2.04 bits per heavy atom. The van der Waals surface area contributed by atoms with Crippen LogP contribution in [0.2, 0.25) is 0 Å². The summed E-state index contributed by atoms with van der Waals surface area (Å²) in [5, 5.41) is 4.39. The van der Waals surface area contributed by atoms with Gasteiger partial charge in [-0.3, -0.25) is 14.3 Å². The zero-order valence-corrected chi connectivity index (χ0v) is 14.3. The lowest BCUT2D eigenvalue weighted by molar-refractivity contribution is 0.596. The standard InChI is InChI=1S/C16H16FN5O2S/c1-25-9-7-13-18-14(10-21-8-6-15(23)19-16(21)24)22(20-13)12-5-3-2-4-11(12)17/h2-6,8H,7,9-10H2,1H3,(H,19,23,24). The number of hydrogen-bond donors (Lipinski definition) is 1. The number of nitrogens with one attached hydrogen (secondary N) is 1. The monoisotopic (exact) mass is 361 g/mol. The lowest BCUT2D eigenvalue weighted by Gasteiger charge is -2.08. The summed E-state index contributed by atoms with van der Waals surface area (Å²) >= 11 is 1.66. The summed E-state index contributed by atoms with van der Waals surface area (Å²) < 4.78 is 16.9. The third-order valence-corrected chi connectivity index (χ3v) is 4.15. The first-order valence-electron chi connectivity index (χ1n) is 7.57. The fraction of sp³-hybridized carbons (Fsp3) is 0.250. The van der Waals surface area contributed by atoms with Crippen molar-refractivity contribution in [3.63, 3.8) is 0 Å². The van der Waals surface area contributed by atoms with Gasteiger partial charge in [0.25, 0.3) is 5.56 Å². The highest BCUT2D eigenvalue weighted by Gasteiger charge is 2.15. The molecule has 2 heterocycles. The van der Waals surface area contributed by atoms with E-state index in [1.807, 2.05) is 6.26 Å². The summed E-state index contributed by atoms with van der Waals surface area (Å²) in [6.07, 6.45) is 3.99. The number of hydrogen-bond acceptors (Lipinski definition) is 5. The van der Waals surface area contributed by atoms with E-state index in [-0.39, 0.29) is 12.2 Å². The van der Waals surface area contributed by atoms with E-state index in [9.17, 15) is 14.0 Å². The van der Waals surface area contributed by atoms with Crippen molar-refractivity contribution in [3.8, 4) is 5.69 Å². The number of rotatable bonds is 6. The van der Waals surface area contributed by atoms with Crippen LogP contribution in [0.3, 0.4) is 0 Å². The molecule has 9 heteroatoms. The van der Waals surface area contributed by atoms with Crippen LogP contribution in [0.1, 0.15) is 11.6 Å². The summed E-state index contributed by atoms with van der Waals surface area (Å²) in [6, 6.07) is 7.49. The molecule has 1 N–H and O–H groups in total. The van der Waals surface area contributed by atoms with E-state index in [4.69, 9.17) is 0 Å². The maximum Gasteiger partial charge on any atom is 0.328 e. The molecule has 7 nitrogen and oxygen atoms in total. The molecule has 0 aliphatic rings. The van der Waals surface area contributed by atoms with Gasteiger partial charge in [0, 0.05) is 24.4 Å². The zero-order chi connectivity index (χ0) is 17.8. The van der Waals surface area contributed by atoms with Gasteiger partial charge in [-0.15, -0.1) is 0 Å². The van der Waals surface area contributed by atoms with Gasteiger partial charge in [-0.05, 0) is 18.4 Å². The van der Waals surface area contributed by atoms with E-state index < -0.39 is 17.1 Å². The van der Waals surface area contributed by atoms with E-state index >= 15 is 0 Å². The second kappa shape index (κ2) is 7.47. The molecule has 0 amide bonds. The van der Waals surface area contributed by atoms with Crippen LogP contribution < -0.4 is 11.2 Å². The van der Waals surface area contributed by atoms with Gasteiger partial charge in [-0.2, -0.15) is 16.9 Å². The normalized spacial score (nSPS) is 11.0. The van der Waals surface area contributed by atoms with Gasteiger partial charge in [0.2, 0.25) is 0 Å². The molecule has 0 spiro atoms. The minimum atomic E-state index is -0.554. The SMILES string of the molecule is CSCCc1nc(Cn2ccc(=O)[nH]c2=O)n(-c2ccccc2F)n1. The first-order chi connectivity index (χ1) is 12.1. The van der Waals surface area contributed by atoms with Crippen LogP contribution in [0.25, 0.3) is 5.69 Å². The highest BCUT2D eigenvalue weighted by Crippen LogP contribution is 2.15. The van der Waals surface area contributed by atoms with Crippen molar-refractivity contribution in [2.24, 2.45) is 0 Å². The van der Waals surface area contributed by atoms with Gasteiger partial charge in [0.1, 0.15) is 11.5 Å². The van der Waals surface area contributed by atoms with Gasteiger partial charge >= 0.3 is 5.69 Å². The number of para-hydroxylation sites is 1. The van der Waals surface area contributed by atoms with Crippen molar-refractivity contribution in [2.45, 2.75) is 13.0 Å². The van der Waals surface area contributed by atoms with Crippen molar-refractivity contribution in [2.75, 3.05) is 12.0 Å². The predicted molar refractivity (Wildman–Crippen MR) is 93.8 cm³/mol. The van der Waals surface area contributed by atoms with Crippen LogP contribution in [0, 0.1) is 5.82 Å². The summed E-state index contributed by atoms with van der Waals surface area (Å²) in [6.45, 7) is 0.0657. The third kappa shape index (κ3) is 3.87. The summed E-state index contributed by atoms with van der Waals surface area (Å²) in [4.78, 5) is 29.7. The Labute approximate surface area is 146 Å². The molecule has 3 aromatic rings. The minimum absolute atomic E-state index is 0.0657. The second-order valence-electron chi connectivity index (χ2n) is 5.29. The van der Waals surface area contributed by atoms with Crippen molar-refractivity contribution < 1.29 is 4.39 Å². The van der Waals surface area contributed by atoms with Gasteiger partial charge in [0.05, 0.1) is 6.54 Å². The molecule has 0 bridgehead atoms. The number of aryl methyl sites for hydroxylation is 1. The van der Waals surface area contributed by atoms with E-state index in [1.54, 1.807) is 30.0 Å². The second-order valence-corrected chi connectivity index (χ2v) is 6.27. The van der Waals surface area contributed by atoms with E-state index in [1.165, 1.54) is 27.6 Å². The van der Waals surface area contributed by atoms with Gasteiger partial charge < -0.3 is 0 Å². The topological polar surface area (TPSA) is 85.6 Å². The van der Waals surface area contributed by atoms with Crippen molar-refractivity contribution in [3.05, 3.63) is 74.8 Å². The number of aromatic nitrogens is 5. The molecule has 3 rings (SSSR count). The van der Waals surface area contributed by atoms with Crippen LogP contribution in [0.4, 0.5) is 4.39 Å². The molecular formula is C16H16FN5O2S. The predicted octanol–water partition coefficient (Wildman–Crippen LogP) is 1.21. The quantitative estimate of drug-likeness (QED) is 0.713. The van der Waals surface area contributed by atoms with Crippen LogP contribution in [0.15, 0.2) is 46.1 Å². The maximum atomic E-state index is 14.2. The van der Waals surface area contributed by atoms with Crippen molar-refractivity contribution in [1.29, 1.82) is 0 Å². The van der Waals surface area contributed by atoms with E-state index in [0.717, 1.165) is 5.75 Å². The first-order valence-corrected chi connectivity index (χ1v) is 8.96. The molecular weight excluding hydrogens is 345 g/mol. The smallest absolute Gasteiger partial charge is 0.293 e. The lowest BCUT2D eigenvalue weighted by Crippen LogP contribution is -2.29. The zero-order valence-electron chi connectivity index (χ0n) is 13.5. The molecule has 0 fully saturated rings. The maximum absolute atomic E-state index is 14.2. The van der Waals surface area contributed by atoms with Gasteiger partial charge in [-0.1, -0.05) is 12.1 Å². The Morgan fingerprint density at radius 1 is 1.24 bits per heavy atom. The van der Waals surface area contributed by atoms with Crippen molar-refractivity contribution in [1.82, 2.24) is 24.3 Å². The first kappa shape index (κ1) is 17.2. The number of H-pyrrole nitrogens is 1. The number of benzene rings is 1. The fourth-order valence-electron chi connectivity index (χ4n) is 2.33. The van der Waals surface area contributed by atoms with Crippen LogP contribution >= 0.6 is 11.8 Å². The Kier molecular flexibility index (Phi) is 5.13.